The molecule has 0 saturated carbocycles. The fraction of sp³-hybridized carbons (Fsp3) is 0.857. The Morgan fingerprint density at radius 1 is 1.25 bits per heavy atom. The van der Waals surface area contributed by atoms with Gasteiger partial charge in [0, 0.05) is 0 Å². The smallest absolute Gasteiger partial charge is 0.171 e. The monoisotopic (exact) mass is 223 g/mol. The molecular formula is C7H13NOS3. The van der Waals surface area contributed by atoms with Crippen LogP contribution in [0.5, 0.6) is 0 Å². The Bertz CT molecular complexity index is 160. The predicted octanol–water partition coefficient (Wildman–Crippen LogP) is 3.42. The normalized spacial score (nSPS) is 30.3. The number of hydrogen-bond donors (Lipinski definition) is 1. The quantitative estimate of drug-likeness (QED) is 0.574. The van der Waals surface area contributed by atoms with E-state index in [1.54, 1.807) is 23.5 Å². The largest absolute Gasteiger partial charge is 0.410 e. The fourth-order valence-corrected chi connectivity index (χ4v) is 5.78. The Kier molecular flexibility index (Phi) is 4.68. The van der Waals surface area contributed by atoms with Gasteiger partial charge in [-0.3, -0.25) is 0 Å². The summed E-state index contributed by atoms with van der Waals surface area (Å²) >= 11 is 5.34. The lowest BCUT2D eigenvalue weighted by molar-refractivity contribution is 0.322. The van der Waals surface area contributed by atoms with Gasteiger partial charge in [0.05, 0.1) is 9.16 Å². The highest BCUT2D eigenvalue weighted by Gasteiger charge is 2.26. The maximum Gasteiger partial charge on any atom is 0.171 e. The molecule has 1 aliphatic rings. The third-order valence-corrected chi connectivity index (χ3v) is 6.37. The molecule has 12 heavy (non-hydrogen) atoms. The standard InChI is InChI=1S/C7H13NOS3/c1-3-5-10-6(4-2)12-7(8-9)11-5/h5-6,9H,3-4H2,1-2H3. The van der Waals surface area contributed by atoms with Crippen LogP contribution in [0.15, 0.2) is 5.16 Å². The van der Waals surface area contributed by atoms with E-state index in [-0.39, 0.29) is 0 Å². The van der Waals surface area contributed by atoms with Gasteiger partial charge < -0.3 is 5.21 Å². The summed E-state index contributed by atoms with van der Waals surface area (Å²) in [7, 11) is 0. The van der Waals surface area contributed by atoms with Gasteiger partial charge in [0.1, 0.15) is 0 Å². The lowest BCUT2D eigenvalue weighted by Gasteiger charge is -2.26. The molecule has 0 bridgehead atoms. The van der Waals surface area contributed by atoms with Crippen molar-refractivity contribution in [1.82, 2.24) is 0 Å². The number of hydrogen-bond acceptors (Lipinski definition) is 5. The van der Waals surface area contributed by atoms with E-state index in [9.17, 15) is 0 Å². The van der Waals surface area contributed by atoms with Crippen LogP contribution in [0, 0.1) is 0 Å². The van der Waals surface area contributed by atoms with Gasteiger partial charge in [0.25, 0.3) is 0 Å². The van der Waals surface area contributed by atoms with Crippen LogP contribution in [0.3, 0.4) is 0 Å². The zero-order valence-corrected chi connectivity index (χ0v) is 9.64. The van der Waals surface area contributed by atoms with E-state index in [0.717, 1.165) is 17.2 Å². The van der Waals surface area contributed by atoms with Crippen LogP contribution >= 0.6 is 35.3 Å². The summed E-state index contributed by atoms with van der Waals surface area (Å²) < 4.78 is 1.97. The van der Waals surface area contributed by atoms with Crippen molar-refractivity contribution in [3.05, 3.63) is 0 Å². The topological polar surface area (TPSA) is 32.6 Å². The van der Waals surface area contributed by atoms with Gasteiger partial charge in [0.15, 0.2) is 4.38 Å². The second-order valence-corrected chi connectivity index (χ2v) is 7.06. The molecule has 0 radical (unpaired) electrons. The van der Waals surface area contributed by atoms with Crippen molar-refractivity contribution in [2.45, 2.75) is 35.9 Å². The minimum Gasteiger partial charge on any atom is -0.410 e. The molecule has 1 heterocycles. The van der Waals surface area contributed by atoms with Crippen molar-refractivity contribution in [2.24, 2.45) is 5.16 Å². The molecule has 0 aromatic rings. The van der Waals surface area contributed by atoms with Crippen LogP contribution in [0.4, 0.5) is 0 Å². The first kappa shape index (κ1) is 10.6. The van der Waals surface area contributed by atoms with Crippen LogP contribution in [-0.4, -0.2) is 18.7 Å². The minimum atomic E-state index is 0.571. The van der Waals surface area contributed by atoms with Gasteiger partial charge in [-0.25, -0.2) is 0 Å². The fourth-order valence-electron chi connectivity index (χ4n) is 0.884. The molecule has 2 nitrogen and oxygen atoms in total. The molecule has 1 rings (SSSR count). The summed E-state index contributed by atoms with van der Waals surface area (Å²) in [6.45, 7) is 4.34. The number of thioether (sulfide) groups is 3. The van der Waals surface area contributed by atoms with Gasteiger partial charge in [-0.1, -0.05) is 42.5 Å². The number of oxime groups is 1. The summed E-state index contributed by atoms with van der Waals surface area (Å²) in [5.74, 6) is 0. The molecule has 0 amide bonds. The van der Waals surface area contributed by atoms with E-state index < -0.39 is 0 Å². The van der Waals surface area contributed by atoms with Crippen molar-refractivity contribution in [3.8, 4) is 0 Å². The highest BCUT2D eigenvalue weighted by Crippen LogP contribution is 2.46. The maximum absolute atomic E-state index is 8.65. The van der Waals surface area contributed by atoms with Gasteiger partial charge in [-0.2, -0.15) is 0 Å². The zero-order chi connectivity index (χ0) is 8.97. The molecule has 1 saturated heterocycles. The van der Waals surface area contributed by atoms with Crippen LogP contribution < -0.4 is 0 Å². The third-order valence-electron chi connectivity index (χ3n) is 1.52. The molecule has 70 valence electrons. The summed E-state index contributed by atoms with van der Waals surface area (Å²) in [5, 5.41) is 11.9. The first-order valence-electron chi connectivity index (χ1n) is 4.01. The van der Waals surface area contributed by atoms with E-state index in [4.69, 9.17) is 5.21 Å². The van der Waals surface area contributed by atoms with Crippen LogP contribution in [0.25, 0.3) is 0 Å². The van der Waals surface area contributed by atoms with Crippen molar-refractivity contribution in [1.29, 1.82) is 0 Å². The van der Waals surface area contributed by atoms with Gasteiger partial charge in [-0.05, 0) is 12.8 Å². The van der Waals surface area contributed by atoms with Crippen molar-refractivity contribution < 1.29 is 5.21 Å². The third kappa shape index (κ3) is 2.78. The average Bonchev–Trinajstić information content (AvgIpc) is 2.16. The lowest BCUT2D eigenvalue weighted by Crippen LogP contribution is -2.13. The molecular weight excluding hydrogens is 210 g/mol. The van der Waals surface area contributed by atoms with Crippen LogP contribution in [0.2, 0.25) is 0 Å². The second kappa shape index (κ2) is 5.29. The van der Waals surface area contributed by atoms with Gasteiger partial charge >= 0.3 is 0 Å². The Hall–Kier alpha value is 0.520. The number of nitrogens with zero attached hydrogens (tertiary/aromatic N) is 1. The Morgan fingerprint density at radius 3 is 2.08 bits per heavy atom. The molecule has 0 spiro atoms. The Morgan fingerprint density at radius 2 is 1.75 bits per heavy atom. The van der Waals surface area contributed by atoms with Gasteiger partial charge in [-0.15, -0.1) is 11.8 Å². The summed E-state index contributed by atoms with van der Waals surface area (Å²) in [5.41, 5.74) is 0. The summed E-state index contributed by atoms with van der Waals surface area (Å²) in [6.07, 6.45) is 2.26. The second-order valence-electron chi connectivity index (χ2n) is 2.41. The van der Waals surface area contributed by atoms with Crippen molar-refractivity contribution >= 4 is 39.7 Å². The predicted molar refractivity (Wildman–Crippen MR) is 60.2 cm³/mol. The minimum absolute atomic E-state index is 0.571. The van der Waals surface area contributed by atoms with Crippen molar-refractivity contribution in [3.63, 3.8) is 0 Å². The first-order valence-corrected chi connectivity index (χ1v) is 6.71. The van der Waals surface area contributed by atoms with Crippen LogP contribution in [0.1, 0.15) is 26.7 Å². The maximum atomic E-state index is 8.65. The lowest BCUT2D eigenvalue weighted by atomic mass is 10.6. The van der Waals surface area contributed by atoms with E-state index in [1.807, 2.05) is 11.8 Å². The number of rotatable bonds is 2. The van der Waals surface area contributed by atoms with Gasteiger partial charge in [0.2, 0.25) is 0 Å². The Labute approximate surface area is 85.9 Å². The molecule has 0 aromatic carbocycles. The molecule has 2 unspecified atom stereocenters. The summed E-state index contributed by atoms with van der Waals surface area (Å²) in [4.78, 5) is 0. The molecule has 1 fully saturated rings. The molecule has 0 aliphatic carbocycles. The molecule has 5 heteroatoms. The first-order chi connectivity index (χ1) is 5.80. The Balaban J connectivity index is 2.52. The molecule has 1 aliphatic heterocycles. The zero-order valence-electron chi connectivity index (χ0n) is 7.19. The summed E-state index contributed by atoms with van der Waals surface area (Å²) in [6, 6.07) is 0. The average molecular weight is 223 g/mol. The highest BCUT2D eigenvalue weighted by molar-refractivity contribution is 8.48. The SMILES string of the molecule is CCC1SC(=NO)SC(CC)S1. The highest BCUT2D eigenvalue weighted by atomic mass is 32.3. The van der Waals surface area contributed by atoms with Crippen LogP contribution in [-0.2, 0) is 0 Å². The van der Waals surface area contributed by atoms with E-state index in [0.29, 0.717) is 9.16 Å². The molecule has 0 aromatic heterocycles. The molecule has 2 atom stereocenters. The van der Waals surface area contributed by atoms with Crippen molar-refractivity contribution in [2.75, 3.05) is 0 Å². The molecule has 1 N–H and O–H groups in total. The van der Waals surface area contributed by atoms with E-state index in [2.05, 4.69) is 19.0 Å². The van der Waals surface area contributed by atoms with E-state index in [1.165, 1.54) is 0 Å². The van der Waals surface area contributed by atoms with E-state index >= 15 is 0 Å².